The third-order valence-electron chi connectivity index (χ3n) is 6.61. The predicted octanol–water partition coefficient (Wildman–Crippen LogP) is 7.68. The molecule has 1 unspecified atom stereocenters. The van der Waals surface area contributed by atoms with Crippen molar-refractivity contribution >= 4 is 11.6 Å². The minimum absolute atomic E-state index is 0.590. The van der Waals surface area contributed by atoms with Gasteiger partial charge in [0.1, 0.15) is 17.2 Å². The Morgan fingerprint density at radius 2 is 1.54 bits per heavy atom. The molecule has 0 bridgehead atoms. The molecule has 4 aromatic rings. The predicted molar refractivity (Wildman–Crippen MR) is 138 cm³/mol. The van der Waals surface area contributed by atoms with E-state index in [4.69, 9.17) is 19.2 Å². The van der Waals surface area contributed by atoms with E-state index in [2.05, 4.69) is 44.2 Å². The van der Waals surface area contributed by atoms with Crippen LogP contribution in [0.1, 0.15) is 47.6 Å². The number of benzene rings is 4. The van der Waals surface area contributed by atoms with Gasteiger partial charge in [-0.15, -0.1) is 0 Å². The zero-order valence-corrected chi connectivity index (χ0v) is 20.0. The molecule has 4 heteroatoms. The molecule has 1 spiro atoms. The molecule has 2 heterocycles. The lowest BCUT2D eigenvalue weighted by Gasteiger charge is -2.43. The minimum Gasteiger partial charge on any atom is -0.493 e. The van der Waals surface area contributed by atoms with Crippen LogP contribution in [0.2, 0.25) is 0 Å². The number of rotatable bonds is 5. The first-order valence-corrected chi connectivity index (χ1v) is 12.2. The number of hydrogen-bond acceptors (Lipinski definition) is 4. The normalized spacial score (nSPS) is 17.4. The molecule has 0 amide bonds. The smallest absolute Gasteiger partial charge is 0.222 e. The van der Waals surface area contributed by atoms with E-state index in [9.17, 15) is 0 Å². The number of aryl methyl sites for hydroxylation is 1. The van der Waals surface area contributed by atoms with E-state index in [-0.39, 0.29) is 0 Å². The number of fused-ring (bicyclic) bond motifs is 6. The lowest BCUT2D eigenvalue weighted by molar-refractivity contribution is 0.124. The van der Waals surface area contributed by atoms with Crippen LogP contribution in [0.5, 0.6) is 17.2 Å². The summed E-state index contributed by atoms with van der Waals surface area (Å²) >= 11 is 0. The molecular weight excluding hydrogens is 434 g/mol. The van der Waals surface area contributed by atoms with Crippen LogP contribution in [0.3, 0.4) is 0 Å². The summed E-state index contributed by atoms with van der Waals surface area (Å²) in [5.41, 5.74) is 4.94. The van der Waals surface area contributed by atoms with Crippen molar-refractivity contribution in [2.24, 2.45) is 4.99 Å². The van der Waals surface area contributed by atoms with E-state index < -0.39 is 5.60 Å². The van der Waals surface area contributed by atoms with Crippen molar-refractivity contribution in [2.75, 3.05) is 6.61 Å². The van der Waals surface area contributed by atoms with Crippen molar-refractivity contribution < 1.29 is 14.2 Å². The Hall–Kier alpha value is -4.05. The van der Waals surface area contributed by atoms with Crippen LogP contribution in [-0.4, -0.2) is 12.5 Å². The van der Waals surface area contributed by atoms with Gasteiger partial charge in [-0.2, -0.15) is 0 Å². The fourth-order valence-corrected chi connectivity index (χ4v) is 4.88. The Morgan fingerprint density at radius 1 is 0.800 bits per heavy atom. The molecule has 174 valence electrons. The highest BCUT2D eigenvalue weighted by atomic mass is 16.5. The van der Waals surface area contributed by atoms with Crippen LogP contribution in [0.15, 0.2) is 96.0 Å². The molecule has 1 atom stereocenters. The lowest BCUT2D eigenvalue weighted by atomic mass is 9.76. The number of unbranched alkanes of at least 4 members (excludes halogenated alkanes) is 1. The van der Waals surface area contributed by atoms with Crippen molar-refractivity contribution in [3.8, 4) is 17.2 Å². The first-order valence-electron chi connectivity index (χ1n) is 12.2. The van der Waals surface area contributed by atoms with Crippen LogP contribution in [0.25, 0.3) is 0 Å². The van der Waals surface area contributed by atoms with Crippen LogP contribution in [-0.2, 0) is 10.3 Å². The van der Waals surface area contributed by atoms with E-state index in [0.29, 0.717) is 12.5 Å². The van der Waals surface area contributed by atoms with Gasteiger partial charge in [-0.1, -0.05) is 61.9 Å². The Labute approximate surface area is 205 Å². The van der Waals surface area contributed by atoms with E-state index in [1.807, 2.05) is 60.7 Å². The second-order valence-electron chi connectivity index (χ2n) is 9.05. The molecule has 2 aliphatic rings. The van der Waals surface area contributed by atoms with Crippen LogP contribution in [0, 0.1) is 6.92 Å². The molecule has 4 aromatic carbocycles. The van der Waals surface area contributed by atoms with Gasteiger partial charge in [0.15, 0.2) is 5.60 Å². The summed E-state index contributed by atoms with van der Waals surface area (Å²) in [5.74, 6) is 2.91. The highest BCUT2D eigenvalue weighted by Crippen LogP contribution is 2.56. The maximum Gasteiger partial charge on any atom is 0.222 e. The first-order chi connectivity index (χ1) is 17.2. The van der Waals surface area contributed by atoms with Gasteiger partial charge in [0.05, 0.1) is 12.3 Å². The summed E-state index contributed by atoms with van der Waals surface area (Å²) in [6.45, 7) is 4.91. The third-order valence-corrected chi connectivity index (χ3v) is 6.61. The van der Waals surface area contributed by atoms with Gasteiger partial charge in [0.25, 0.3) is 0 Å². The van der Waals surface area contributed by atoms with Crippen LogP contribution < -0.4 is 9.47 Å². The lowest BCUT2D eigenvalue weighted by Crippen LogP contribution is -2.40. The summed E-state index contributed by atoms with van der Waals surface area (Å²) in [5, 5.41) is 0. The number of ether oxygens (including phenoxy) is 3. The molecule has 0 aromatic heterocycles. The molecule has 35 heavy (non-hydrogen) atoms. The van der Waals surface area contributed by atoms with Gasteiger partial charge in [0.2, 0.25) is 5.90 Å². The summed E-state index contributed by atoms with van der Waals surface area (Å²) < 4.78 is 19.5. The molecule has 0 fully saturated rings. The van der Waals surface area contributed by atoms with Crippen molar-refractivity contribution in [2.45, 2.75) is 32.3 Å². The number of hydrogen-bond donors (Lipinski definition) is 0. The van der Waals surface area contributed by atoms with Gasteiger partial charge in [-0.05, 0) is 55.3 Å². The first kappa shape index (κ1) is 21.5. The second-order valence-corrected chi connectivity index (χ2v) is 9.05. The van der Waals surface area contributed by atoms with Gasteiger partial charge < -0.3 is 14.2 Å². The zero-order chi connectivity index (χ0) is 23.8. The van der Waals surface area contributed by atoms with Gasteiger partial charge >= 0.3 is 0 Å². The Balaban J connectivity index is 1.59. The van der Waals surface area contributed by atoms with Crippen molar-refractivity contribution in [3.63, 3.8) is 0 Å². The van der Waals surface area contributed by atoms with Gasteiger partial charge in [-0.25, -0.2) is 4.99 Å². The Morgan fingerprint density at radius 3 is 2.37 bits per heavy atom. The minimum atomic E-state index is -0.901. The Kier molecular flexibility index (Phi) is 5.29. The largest absolute Gasteiger partial charge is 0.493 e. The maximum atomic E-state index is 6.99. The summed E-state index contributed by atoms with van der Waals surface area (Å²) in [7, 11) is 0. The summed E-state index contributed by atoms with van der Waals surface area (Å²) in [6.07, 6.45) is 2.10. The van der Waals surface area contributed by atoms with Gasteiger partial charge in [0, 0.05) is 28.3 Å². The van der Waals surface area contributed by atoms with E-state index in [0.717, 1.165) is 63.6 Å². The quantitative estimate of drug-likeness (QED) is 0.286. The van der Waals surface area contributed by atoms with E-state index >= 15 is 0 Å². The van der Waals surface area contributed by atoms with Crippen molar-refractivity contribution in [1.82, 2.24) is 0 Å². The highest BCUT2D eigenvalue weighted by molar-refractivity contribution is 5.98. The monoisotopic (exact) mass is 461 g/mol. The van der Waals surface area contributed by atoms with Crippen LogP contribution >= 0.6 is 0 Å². The van der Waals surface area contributed by atoms with E-state index in [1.54, 1.807) is 0 Å². The molecule has 0 N–H and O–H groups in total. The van der Waals surface area contributed by atoms with Crippen LogP contribution in [0.4, 0.5) is 5.69 Å². The number of aliphatic imine (C=N–C) groups is 1. The summed E-state index contributed by atoms with van der Waals surface area (Å²) in [4.78, 5) is 4.92. The highest BCUT2D eigenvalue weighted by Gasteiger charge is 2.50. The molecule has 0 radical (unpaired) electrons. The summed E-state index contributed by atoms with van der Waals surface area (Å²) in [6, 6.07) is 30.6. The van der Waals surface area contributed by atoms with E-state index in [1.165, 1.54) is 0 Å². The molecule has 0 saturated carbocycles. The zero-order valence-electron chi connectivity index (χ0n) is 20.0. The van der Waals surface area contributed by atoms with Crippen molar-refractivity contribution in [3.05, 3.63) is 119 Å². The topological polar surface area (TPSA) is 40.0 Å². The standard InChI is InChI=1S/C31H27NO3/c1-3-4-18-33-23-15-17-26-29(20-23)34-28-19-21(2)14-16-25(28)31(26)24-12-8-9-13-27(24)32-30(35-31)22-10-6-5-7-11-22/h5-17,19-20H,3-4,18H2,1-2H3. The molecular formula is C31H27NO3. The maximum absolute atomic E-state index is 6.99. The Bertz CT molecular complexity index is 1430. The fraction of sp³-hybridized carbons (Fsp3) is 0.194. The molecule has 0 aliphatic carbocycles. The average molecular weight is 462 g/mol. The van der Waals surface area contributed by atoms with Gasteiger partial charge in [-0.3, -0.25) is 0 Å². The average Bonchev–Trinajstić information content (AvgIpc) is 2.89. The van der Waals surface area contributed by atoms with Crippen molar-refractivity contribution in [1.29, 1.82) is 0 Å². The molecule has 6 rings (SSSR count). The fourth-order valence-electron chi connectivity index (χ4n) is 4.88. The number of para-hydroxylation sites is 1. The third kappa shape index (κ3) is 3.57. The molecule has 4 nitrogen and oxygen atoms in total. The SMILES string of the molecule is CCCCOc1ccc2c(c1)Oc1cc(C)ccc1C21OC(c2ccccc2)=Nc2ccccc21. The molecule has 0 saturated heterocycles. The molecule has 2 aliphatic heterocycles. The number of nitrogens with zero attached hydrogens (tertiary/aromatic N) is 1. The second kappa shape index (κ2) is 8.62.